The van der Waals surface area contributed by atoms with E-state index < -0.39 is 0 Å². The lowest BCUT2D eigenvalue weighted by Gasteiger charge is -2.18. The van der Waals surface area contributed by atoms with E-state index in [2.05, 4.69) is 26.1 Å². The molecule has 0 aliphatic rings. The van der Waals surface area contributed by atoms with Crippen LogP contribution in [0, 0.1) is 0 Å². The Bertz CT molecular complexity index is 75.6. The van der Waals surface area contributed by atoms with Crippen molar-refractivity contribution >= 4 is 0 Å². The molecule has 0 aromatic carbocycles. The van der Waals surface area contributed by atoms with Gasteiger partial charge in [0.15, 0.2) is 0 Å². The van der Waals surface area contributed by atoms with E-state index in [1.807, 2.05) is 0 Å². The van der Waals surface area contributed by atoms with Gasteiger partial charge in [-0.15, -0.1) is 0 Å². The van der Waals surface area contributed by atoms with Crippen molar-refractivity contribution in [2.45, 2.75) is 45.7 Å². The smallest absolute Gasteiger partial charge is 0.0613 e. The van der Waals surface area contributed by atoms with Gasteiger partial charge in [0.1, 0.15) is 0 Å². The zero-order chi connectivity index (χ0) is 8.69. The first-order chi connectivity index (χ1) is 5.20. The molecule has 0 bridgehead atoms. The molecule has 0 amide bonds. The normalized spacial score (nSPS) is 16.4. The molecule has 0 aromatic rings. The number of ether oxygens (including phenoxy) is 1. The maximum Gasteiger partial charge on any atom is 0.0613 e. The van der Waals surface area contributed by atoms with Crippen molar-refractivity contribution in [3.8, 4) is 0 Å². The SMILES string of the molecule is CCCC(C)NC(C)COC. The van der Waals surface area contributed by atoms with Gasteiger partial charge in [-0.3, -0.25) is 0 Å². The Balaban J connectivity index is 3.32. The summed E-state index contributed by atoms with van der Waals surface area (Å²) in [7, 11) is 1.74. The van der Waals surface area contributed by atoms with Crippen molar-refractivity contribution in [1.82, 2.24) is 5.32 Å². The van der Waals surface area contributed by atoms with E-state index in [9.17, 15) is 0 Å². The fraction of sp³-hybridized carbons (Fsp3) is 1.00. The molecular formula is C9H21NO. The van der Waals surface area contributed by atoms with Crippen LogP contribution in [0.3, 0.4) is 0 Å². The third-order valence-corrected chi connectivity index (χ3v) is 1.71. The van der Waals surface area contributed by atoms with E-state index in [0.29, 0.717) is 12.1 Å². The van der Waals surface area contributed by atoms with Gasteiger partial charge in [0.25, 0.3) is 0 Å². The standard InChI is InChI=1S/C9H21NO/c1-5-6-8(2)10-9(3)7-11-4/h8-10H,5-7H2,1-4H3. The zero-order valence-electron chi connectivity index (χ0n) is 8.18. The van der Waals surface area contributed by atoms with Crippen molar-refractivity contribution in [1.29, 1.82) is 0 Å². The minimum Gasteiger partial charge on any atom is -0.383 e. The molecule has 0 spiro atoms. The first kappa shape index (κ1) is 10.9. The summed E-state index contributed by atoms with van der Waals surface area (Å²) in [4.78, 5) is 0. The Kier molecular flexibility index (Phi) is 6.57. The topological polar surface area (TPSA) is 21.3 Å². The molecule has 0 rings (SSSR count). The van der Waals surface area contributed by atoms with Gasteiger partial charge in [-0.2, -0.15) is 0 Å². The summed E-state index contributed by atoms with van der Waals surface area (Å²) in [5, 5.41) is 3.46. The molecule has 2 heteroatoms. The van der Waals surface area contributed by atoms with E-state index in [-0.39, 0.29) is 0 Å². The van der Waals surface area contributed by atoms with Crippen LogP contribution in [0.2, 0.25) is 0 Å². The summed E-state index contributed by atoms with van der Waals surface area (Å²) < 4.78 is 5.02. The molecule has 0 saturated carbocycles. The lowest BCUT2D eigenvalue weighted by Crippen LogP contribution is -2.37. The number of hydrogen-bond donors (Lipinski definition) is 1. The third-order valence-electron chi connectivity index (χ3n) is 1.71. The molecule has 2 unspecified atom stereocenters. The highest BCUT2D eigenvalue weighted by Gasteiger charge is 2.04. The highest BCUT2D eigenvalue weighted by atomic mass is 16.5. The quantitative estimate of drug-likeness (QED) is 0.638. The number of hydrogen-bond acceptors (Lipinski definition) is 2. The molecule has 11 heavy (non-hydrogen) atoms. The second-order valence-electron chi connectivity index (χ2n) is 3.21. The minimum absolute atomic E-state index is 0.474. The largest absolute Gasteiger partial charge is 0.383 e. The van der Waals surface area contributed by atoms with E-state index in [1.54, 1.807) is 7.11 Å². The van der Waals surface area contributed by atoms with Gasteiger partial charge in [-0.1, -0.05) is 13.3 Å². The molecule has 1 N–H and O–H groups in total. The molecule has 0 aliphatic heterocycles. The molecule has 2 atom stereocenters. The van der Waals surface area contributed by atoms with Gasteiger partial charge in [-0.05, 0) is 20.3 Å². The molecule has 0 radical (unpaired) electrons. The molecule has 0 saturated heterocycles. The average Bonchev–Trinajstić information content (AvgIpc) is 1.87. The number of rotatable bonds is 6. The maximum atomic E-state index is 5.02. The fourth-order valence-electron chi connectivity index (χ4n) is 1.30. The number of methoxy groups -OCH3 is 1. The van der Waals surface area contributed by atoms with Crippen molar-refractivity contribution in [2.24, 2.45) is 0 Å². The predicted octanol–water partition coefficient (Wildman–Crippen LogP) is 1.80. The van der Waals surface area contributed by atoms with E-state index in [4.69, 9.17) is 4.74 Å². The van der Waals surface area contributed by atoms with Crippen LogP contribution in [0.5, 0.6) is 0 Å². The van der Waals surface area contributed by atoms with Gasteiger partial charge >= 0.3 is 0 Å². The molecular weight excluding hydrogens is 138 g/mol. The summed E-state index contributed by atoms with van der Waals surface area (Å²) >= 11 is 0. The lowest BCUT2D eigenvalue weighted by atomic mass is 10.2. The van der Waals surface area contributed by atoms with Crippen molar-refractivity contribution in [2.75, 3.05) is 13.7 Å². The molecule has 0 aliphatic carbocycles. The van der Waals surface area contributed by atoms with E-state index in [1.165, 1.54) is 12.8 Å². The first-order valence-electron chi connectivity index (χ1n) is 4.45. The highest BCUT2D eigenvalue weighted by Crippen LogP contribution is 1.96. The molecule has 2 nitrogen and oxygen atoms in total. The third kappa shape index (κ3) is 6.32. The Labute approximate surface area is 70.3 Å². The van der Waals surface area contributed by atoms with Crippen LogP contribution >= 0.6 is 0 Å². The van der Waals surface area contributed by atoms with Crippen molar-refractivity contribution in [3.05, 3.63) is 0 Å². The summed E-state index contributed by atoms with van der Waals surface area (Å²) in [6.07, 6.45) is 2.49. The maximum absolute atomic E-state index is 5.02. The van der Waals surface area contributed by atoms with Crippen LogP contribution in [0.4, 0.5) is 0 Å². The van der Waals surface area contributed by atoms with Crippen LogP contribution in [0.15, 0.2) is 0 Å². The Morgan fingerprint density at radius 3 is 2.36 bits per heavy atom. The Hall–Kier alpha value is -0.0800. The Morgan fingerprint density at radius 1 is 1.27 bits per heavy atom. The molecule has 0 heterocycles. The van der Waals surface area contributed by atoms with E-state index >= 15 is 0 Å². The first-order valence-corrected chi connectivity index (χ1v) is 4.45. The van der Waals surface area contributed by atoms with Crippen LogP contribution in [-0.2, 0) is 4.74 Å². The van der Waals surface area contributed by atoms with Crippen LogP contribution < -0.4 is 5.32 Å². The minimum atomic E-state index is 0.474. The lowest BCUT2D eigenvalue weighted by molar-refractivity contribution is 0.167. The Morgan fingerprint density at radius 2 is 1.91 bits per heavy atom. The summed E-state index contributed by atoms with van der Waals surface area (Å²) in [5.74, 6) is 0. The molecule has 0 aromatic heterocycles. The second-order valence-corrected chi connectivity index (χ2v) is 3.21. The molecule has 68 valence electrons. The zero-order valence-corrected chi connectivity index (χ0v) is 8.18. The average molecular weight is 159 g/mol. The van der Waals surface area contributed by atoms with Crippen molar-refractivity contribution in [3.63, 3.8) is 0 Å². The van der Waals surface area contributed by atoms with Crippen LogP contribution in [-0.4, -0.2) is 25.8 Å². The van der Waals surface area contributed by atoms with Crippen LogP contribution in [0.1, 0.15) is 33.6 Å². The molecule has 0 fully saturated rings. The van der Waals surface area contributed by atoms with Crippen LogP contribution in [0.25, 0.3) is 0 Å². The number of nitrogens with one attached hydrogen (secondary N) is 1. The second kappa shape index (κ2) is 6.62. The predicted molar refractivity (Wildman–Crippen MR) is 48.8 cm³/mol. The summed E-state index contributed by atoms with van der Waals surface area (Å²) in [6, 6.07) is 1.09. The van der Waals surface area contributed by atoms with Crippen molar-refractivity contribution < 1.29 is 4.74 Å². The van der Waals surface area contributed by atoms with Gasteiger partial charge in [0.2, 0.25) is 0 Å². The van der Waals surface area contributed by atoms with Gasteiger partial charge in [-0.25, -0.2) is 0 Å². The van der Waals surface area contributed by atoms with E-state index in [0.717, 1.165) is 6.61 Å². The van der Waals surface area contributed by atoms with Gasteiger partial charge in [0.05, 0.1) is 6.61 Å². The summed E-state index contributed by atoms with van der Waals surface area (Å²) in [6.45, 7) is 7.37. The fourth-order valence-corrected chi connectivity index (χ4v) is 1.30. The highest BCUT2D eigenvalue weighted by molar-refractivity contribution is 4.65. The summed E-state index contributed by atoms with van der Waals surface area (Å²) in [5.41, 5.74) is 0. The van der Waals surface area contributed by atoms with Gasteiger partial charge < -0.3 is 10.1 Å². The van der Waals surface area contributed by atoms with Gasteiger partial charge in [0, 0.05) is 19.2 Å². The monoisotopic (exact) mass is 159 g/mol.